The molecule has 0 saturated carbocycles. The van der Waals surface area contributed by atoms with E-state index < -0.39 is 6.16 Å². The van der Waals surface area contributed by atoms with Crippen LogP contribution in [0.5, 0.6) is 0 Å². The summed E-state index contributed by atoms with van der Waals surface area (Å²) >= 11 is 0. The average Bonchev–Trinajstić information content (AvgIpc) is 2.54. The van der Waals surface area contributed by atoms with Gasteiger partial charge in [-0.3, -0.25) is 0 Å². The summed E-state index contributed by atoms with van der Waals surface area (Å²) in [6.07, 6.45) is 8.73. The zero-order valence-electron chi connectivity index (χ0n) is 14.1. The van der Waals surface area contributed by atoms with Crippen molar-refractivity contribution in [2.45, 2.75) is 71.8 Å². The first-order chi connectivity index (χ1) is 10.8. The largest absolute Gasteiger partial charge is 0.508 e. The van der Waals surface area contributed by atoms with Crippen LogP contribution in [0.2, 0.25) is 0 Å². The Hall–Kier alpha value is -1.51. The van der Waals surface area contributed by atoms with E-state index in [1.54, 1.807) is 0 Å². The Labute approximate surface area is 135 Å². The Balaban J connectivity index is 2.07. The van der Waals surface area contributed by atoms with E-state index >= 15 is 0 Å². The molecular weight excluding hydrogens is 276 g/mol. The summed E-state index contributed by atoms with van der Waals surface area (Å²) in [6, 6.07) is 8.19. The summed E-state index contributed by atoms with van der Waals surface area (Å²) in [7, 11) is 0. The van der Waals surface area contributed by atoms with Crippen molar-refractivity contribution < 1.29 is 14.3 Å². The van der Waals surface area contributed by atoms with E-state index in [0.29, 0.717) is 6.61 Å². The summed E-state index contributed by atoms with van der Waals surface area (Å²) in [5.74, 6) is 0. The Bertz CT molecular complexity index is 398. The lowest BCUT2D eigenvalue weighted by Crippen LogP contribution is -2.08. The molecule has 0 unspecified atom stereocenters. The first kappa shape index (κ1) is 18.5. The van der Waals surface area contributed by atoms with E-state index in [-0.39, 0.29) is 6.61 Å². The zero-order chi connectivity index (χ0) is 16.0. The Morgan fingerprint density at radius 3 is 2.14 bits per heavy atom. The molecule has 1 aromatic carbocycles. The van der Waals surface area contributed by atoms with E-state index in [2.05, 4.69) is 26.0 Å². The van der Waals surface area contributed by atoms with Crippen molar-refractivity contribution in [3.05, 3.63) is 35.4 Å². The number of ether oxygens (including phenoxy) is 2. The molecule has 0 saturated heterocycles. The van der Waals surface area contributed by atoms with E-state index in [1.807, 2.05) is 12.1 Å². The van der Waals surface area contributed by atoms with Crippen molar-refractivity contribution in [2.75, 3.05) is 6.61 Å². The summed E-state index contributed by atoms with van der Waals surface area (Å²) in [5, 5.41) is 0. The minimum absolute atomic E-state index is 0.280. The molecule has 0 fully saturated rings. The molecule has 1 rings (SSSR count). The SMILES string of the molecule is CCCCCCCCOC(=O)OCc1ccc(CCC)cc1. The molecule has 22 heavy (non-hydrogen) atoms. The van der Waals surface area contributed by atoms with Crippen LogP contribution in [0.3, 0.4) is 0 Å². The second kappa shape index (κ2) is 12.1. The molecule has 0 heterocycles. The van der Waals surface area contributed by atoms with Gasteiger partial charge in [0.1, 0.15) is 6.61 Å². The van der Waals surface area contributed by atoms with Crippen LogP contribution in [-0.2, 0) is 22.5 Å². The predicted molar refractivity (Wildman–Crippen MR) is 90.0 cm³/mol. The molecule has 0 aliphatic carbocycles. The molecule has 0 atom stereocenters. The van der Waals surface area contributed by atoms with Gasteiger partial charge in [0.15, 0.2) is 0 Å². The van der Waals surface area contributed by atoms with Gasteiger partial charge in [-0.05, 0) is 24.0 Å². The van der Waals surface area contributed by atoms with Crippen LogP contribution in [0.1, 0.15) is 69.9 Å². The van der Waals surface area contributed by atoms with Crippen molar-refractivity contribution in [1.82, 2.24) is 0 Å². The Kier molecular flexibility index (Phi) is 10.2. The smallest absolute Gasteiger partial charge is 0.434 e. The number of carbonyl (C=O) groups excluding carboxylic acids is 1. The molecule has 0 N–H and O–H groups in total. The van der Waals surface area contributed by atoms with Gasteiger partial charge in [0.05, 0.1) is 6.61 Å². The highest BCUT2D eigenvalue weighted by Gasteiger charge is 2.04. The summed E-state index contributed by atoms with van der Waals surface area (Å²) in [5.41, 5.74) is 2.31. The fourth-order valence-corrected chi connectivity index (χ4v) is 2.31. The van der Waals surface area contributed by atoms with Crippen LogP contribution in [-0.4, -0.2) is 12.8 Å². The Morgan fingerprint density at radius 2 is 1.45 bits per heavy atom. The third kappa shape index (κ3) is 8.71. The topological polar surface area (TPSA) is 35.5 Å². The fourth-order valence-electron chi connectivity index (χ4n) is 2.31. The van der Waals surface area contributed by atoms with Crippen LogP contribution >= 0.6 is 0 Å². The minimum atomic E-state index is -0.564. The molecule has 3 heteroatoms. The normalized spacial score (nSPS) is 10.5. The number of unbranched alkanes of at least 4 members (excludes halogenated alkanes) is 5. The highest BCUT2D eigenvalue weighted by atomic mass is 16.7. The van der Waals surface area contributed by atoms with Gasteiger partial charge in [-0.1, -0.05) is 76.6 Å². The third-order valence-corrected chi connectivity index (χ3v) is 3.64. The standard InChI is InChI=1S/C19H30O3/c1-3-5-6-7-8-9-15-21-19(20)22-16-18-13-11-17(10-4-2)12-14-18/h11-14H,3-10,15-16H2,1-2H3. The first-order valence-corrected chi connectivity index (χ1v) is 8.63. The molecule has 3 nitrogen and oxygen atoms in total. The van der Waals surface area contributed by atoms with Crippen LogP contribution in [0.15, 0.2) is 24.3 Å². The van der Waals surface area contributed by atoms with E-state index in [1.165, 1.54) is 31.2 Å². The summed E-state index contributed by atoms with van der Waals surface area (Å²) in [6.45, 7) is 5.11. The highest BCUT2D eigenvalue weighted by molar-refractivity contribution is 5.59. The molecule has 124 valence electrons. The first-order valence-electron chi connectivity index (χ1n) is 8.63. The van der Waals surface area contributed by atoms with Gasteiger partial charge in [-0.2, -0.15) is 0 Å². The van der Waals surface area contributed by atoms with Crippen molar-refractivity contribution in [1.29, 1.82) is 0 Å². The lowest BCUT2D eigenvalue weighted by atomic mass is 10.1. The summed E-state index contributed by atoms with van der Waals surface area (Å²) < 4.78 is 10.2. The minimum Gasteiger partial charge on any atom is -0.434 e. The molecule has 0 bridgehead atoms. The highest BCUT2D eigenvalue weighted by Crippen LogP contribution is 2.09. The van der Waals surface area contributed by atoms with Gasteiger partial charge in [-0.15, -0.1) is 0 Å². The van der Waals surface area contributed by atoms with Gasteiger partial charge in [0, 0.05) is 0 Å². The zero-order valence-corrected chi connectivity index (χ0v) is 14.1. The summed E-state index contributed by atoms with van der Waals surface area (Å²) in [4.78, 5) is 11.5. The molecule has 0 aliphatic heterocycles. The van der Waals surface area contributed by atoms with E-state index in [9.17, 15) is 4.79 Å². The molecule has 0 aliphatic rings. The van der Waals surface area contributed by atoms with E-state index in [0.717, 1.165) is 31.2 Å². The van der Waals surface area contributed by atoms with E-state index in [4.69, 9.17) is 9.47 Å². The molecule has 0 aromatic heterocycles. The number of benzene rings is 1. The maximum atomic E-state index is 11.5. The van der Waals surface area contributed by atoms with Crippen molar-refractivity contribution in [3.63, 3.8) is 0 Å². The van der Waals surface area contributed by atoms with Crippen LogP contribution in [0.25, 0.3) is 0 Å². The van der Waals surface area contributed by atoms with Gasteiger partial charge >= 0.3 is 6.16 Å². The molecule has 0 spiro atoms. The maximum absolute atomic E-state index is 11.5. The van der Waals surface area contributed by atoms with Gasteiger partial charge in [-0.25, -0.2) is 4.79 Å². The van der Waals surface area contributed by atoms with Crippen molar-refractivity contribution >= 4 is 6.16 Å². The Morgan fingerprint density at radius 1 is 0.818 bits per heavy atom. The van der Waals surface area contributed by atoms with Crippen LogP contribution in [0.4, 0.5) is 4.79 Å². The van der Waals surface area contributed by atoms with Crippen LogP contribution < -0.4 is 0 Å². The number of hydrogen-bond acceptors (Lipinski definition) is 3. The van der Waals surface area contributed by atoms with Crippen LogP contribution in [0, 0.1) is 0 Å². The third-order valence-electron chi connectivity index (χ3n) is 3.64. The number of hydrogen-bond donors (Lipinski definition) is 0. The molecule has 0 radical (unpaired) electrons. The fraction of sp³-hybridized carbons (Fsp3) is 0.632. The molecule has 1 aromatic rings. The lowest BCUT2D eigenvalue weighted by Gasteiger charge is -2.07. The quantitative estimate of drug-likeness (QED) is 0.391. The average molecular weight is 306 g/mol. The monoisotopic (exact) mass is 306 g/mol. The second-order valence-corrected chi connectivity index (χ2v) is 5.72. The van der Waals surface area contributed by atoms with Gasteiger partial charge in [0.25, 0.3) is 0 Å². The predicted octanol–water partition coefficient (Wildman–Crippen LogP) is 5.65. The number of carbonyl (C=O) groups is 1. The molecule has 0 amide bonds. The van der Waals surface area contributed by atoms with Gasteiger partial charge < -0.3 is 9.47 Å². The van der Waals surface area contributed by atoms with Crippen molar-refractivity contribution in [3.8, 4) is 0 Å². The number of rotatable bonds is 11. The van der Waals surface area contributed by atoms with Crippen molar-refractivity contribution in [2.24, 2.45) is 0 Å². The molecular formula is C19H30O3. The lowest BCUT2D eigenvalue weighted by molar-refractivity contribution is 0.0487. The number of aryl methyl sites for hydroxylation is 1. The maximum Gasteiger partial charge on any atom is 0.508 e. The van der Waals surface area contributed by atoms with Gasteiger partial charge in [0.2, 0.25) is 0 Å². The second-order valence-electron chi connectivity index (χ2n) is 5.72.